The standard InChI is InChI=1S/C13H22O2.ClH/c1-6-11(2)9-7-8-10-12(14)15-13(3,4)5;/h6,8,10-11H,1,7,9H2,2-5H3;1H. The Kier molecular flexibility index (Phi) is 9.25. The van der Waals surface area contributed by atoms with Gasteiger partial charge >= 0.3 is 5.97 Å². The number of esters is 1. The van der Waals surface area contributed by atoms with E-state index in [-0.39, 0.29) is 18.4 Å². The van der Waals surface area contributed by atoms with E-state index in [0.717, 1.165) is 12.8 Å². The highest BCUT2D eigenvalue weighted by Gasteiger charge is 2.13. The van der Waals surface area contributed by atoms with Crippen molar-refractivity contribution in [2.75, 3.05) is 0 Å². The minimum absolute atomic E-state index is 0. The van der Waals surface area contributed by atoms with Gasteiger partial charge in [0.2, 0.25) is 0 Å². The van der Waals surface area contributed by atoms with E-state index in [4.69, 9.17) is 4.74 Å². The van der Waals surface area contributed by atoms with Crippen molar-refractivity contribution in [2.24, 2.45) is 5.92 Å². The van der Waals surface area contributed by atoms with E-state index in [9.17, 15) is 4.79 Å². The van der Waals surface area contributed by atoms with Gasteiger partial charge in [0, 0.05) is 6.08 Å². The van der Waals surface area contributed by atoms with Crippen LogP contribution >= 0.6 is 12.4 Å². The van der Waals surface area contributed by atoms with Crippen molar-refractivity contribution in [1.82, 2.24) is 0 Å². The average Bonchev–Trinajstić information content (AvgIpc) is 2.09. The minimum Gasteiger partial charge on any atom is -0.457 e. The van der Waals surface area contributed by atoms with E-state index < -0.39 is 5.60 Å². The largest absolute Gasteiger partial charge is 0.457 e. The predicted octanol–water partition coefficient (Wildman–Crippen LogP) is 3.91. The number of hydrogen-bond acceptors (Lipinski definition) is 2. The highest BCUT2D eigenvalue weighted by molar-refractivity contribution is 5.85. The van der Waals surface area contributed by atoms with Crippen molar-refractivity contribution >= 4 is 18.4 Å². The maximum Gasteiger partial charge on any atom is 0.330 e. The molecule has 0 heterocycles. The molecule has 0 saturated carbocycles. The van der Waals surface area contributed by atoms with Crippen LogP contribution in [0.15, 0.2) is 24.8 Å². The minimum atomic E-state index is -0.407. The molecule has 0 fully saturated rings. The summed E-state index contributed by atoms with van der Waals surface area (Å²) in [6.45, 7) is 11.4. The third-order valence-electron chi connectivity index (χ3n) is 1.85. The fraction of sp³-hybridized carbons (Fsp3) is 0.615. The van der Waals surface area contributed by atoms with Crippen LogP contribution in [-0.4, -0.2) is 11.6 Å². The Labute approximate surface area is 105 Å². The third kappa shape index (κ3) is 11.3. The summed E-state index contributed by atoms with van der Waals surface area (Å²) in [4.78, 5) is 11.2. The summed E-state index contributed by atoms with van der Waals surface area (Å²) in [7, 11) is 0. The van der Waals surface area contributed by atoms with Crippen LogP contribution in [0.5, 0.6) is 0 Å². The summed E-state index contributed by atoms with van der Waals surface area (Å²) < 4.78 is 5.13. The van der Waals surface area contributed by atoms with Gasteiger partial charge in [0.1, 0.15) is 5.60 Å². The van der Waals surface area contributed by atoms with Gasteiger partial charge in [-0.1, -0.05) is 19.1 Å². The van der Waals surface area contributed by atoms with Gasteiger partial charge in [-0.25, -0.2) is 4.79 Å². The molecule has 2 nitrogen and oxygen atoms in total. The number of allylic oxidation sites excluding steroid dienone is 2. The second-order valence-corrected chi connectivity index (χ2v) is 4.73. The molecule has 0 aliphatic heterocycles. The van der Waals surface area contributed by atoms with Gasteiger partial charge in [-0.2, -0.15) is 0 Å². The molecule has 0 bridgehead atoms. The molecule has 0 rings (SSSR count). The third-order valence-corrected chi connectivity index (χ3v) is 1.85. The Hall–Kier alpha value is -0.760. The second-order valence-electron chi connectivity index (χ2n) is 4.73. The van der Waals surface area contributed by atoms with Gasteiger partial charge in [-0.05, 0) is 39.5 Å². The molecule has 94 valence electrons. The van der Waals surface area contributed by atoms with Crippen LogP contribution in [0.1, 0.15) is 40.5 Å². The summed E-state index contributed by atoms with van der Waals surface area (Å²) in [5.41, 5.74) is -0.407. The zero-order chi connectivity index (χ0) is 11.9. The van der Waals surface area contributed by atoms with Crippen LogP contribution in [0.2, 0.25) is 0 Å². The molecule has 0 aromatic rings. The molecule has 16 heavy (non-hydrogen) atoms. The molecule has 0 saturated heterocycles. The Balaban J connectivity index is 0. The van der Waals surface area contributed by atoms with Gasteiger partial charge in [0.05, 0.1) is 0 Å². The zero-order valence-electron chi connectivity index (χ0n) is 10.7. The smallest absolute Gasteiger partial charge is 0.330 e. The molecule has 1 unspecified atom stereocenters. The van der Waals surface area contributed by atoms with Crippen molar-refractivity contribution in [1.29, 1.82) is 0 Å². The Morgan fingerprint density at radius 1 is 1.44 bits per heavy atom. The predicted molar refractivity (Wildman–Crippen MR) is 70.8 cm³/mol. The Morgan fingerprint density at radius 2 is 2.00 bits per heavy atom. The molecule has 0 aliphatic rings. The first-order valence-electron chi connectivity index (χ1n) is 5.37. The first-order valence-corrected chi connectivity index (χ1v) is 5.37. The van der Waals surface area contributed by atoms with Gasteiger partial charge in [0.15, 0.2) is 0 Å². The van der Waals surface area contributed by atoms with Crippen LogP contribution in [0.3, 0.4) is 0 Å². The van der Waals surface area contributed by atoms with Crippen molar-refractivity contribution in [3.8, 4) is 0 Å². The molecule has 1 atom stereocenters. The maximum atomic E-state index is 11.2. The summed E-state index contributed by atoms with van der Waals surface area (Å²) >= 11 is 0. The molecular weight excluding hydrogens is 224 g/mol. The van der Waals surface area contributed by atoms with E-state index in [1.54, 1.807) is 0 Å². The maximum absolute atomic E-state index is 11.2. The number of ether oxygens (including phenoxy) is 1. The number of rotatable bonds is 5. The lowest BCUT2D eigenvalue weighted by molar-refractivity contribution is -0.148. The molecule has 0 spiro atoms. The fourth-order valence-electron chi connectivity index (χ4n) is 0.992. The van der Waals surface area contributed by atoms with E-state index in [1.165, 1.54) is 6.08 Å². The first kappa shape index (κ1) is 17.6. The molecule has 0 aliphatic carbocycles. The number of halogens is 1. The lowest BCUT2D eigenvalue weighted by Crippen LogP contribution is -2.22. The van der Waals surface area contributed by atoms with Gasteiger partial charge in [-0.15, -0.1) is 19.0 Å². The molecule has 3 heteroatoms. The van der Waals surface area contributed by atoms with Crippen LogP contribution in [0, 0.1) is 5.92 Å². The van der Waals surface area contributed by atoms with Crippen LogP contribution in [0.4, 0.5) is 0 Å². The van der Waals surface area contributed by atoms with Crippen molar-refractivity contribution in [3.63, 3.8) is 0 Å². The number of carbonyl (C=O) groups is 1. The topological polar surface area (TPSA) is 26.3 Å². The van der Waals surface area contributed by atoms with Crippen LogP contribution < -0.4 is 0 Å². The average molecular weight is 247 g/mol. The number of carbonyl (C=O) groups excluding carboxylic acids is 1. The summed E-state index contributed by atoms with van der Waals surface area (Å²) in [5, 5.41) is 0. The fourth-order valence-corrected chi connectivity index (χ4v) is 0.992. The summed E-state index contributed by atoms with van der Waals surface area (Å²) in [6.07, 6.45) is 7.17. The van der Waals surface area contributed by atoms with E-state index in [0.29, 0.717) is 5.92 Å². The lowest BCUT2D eigenvalue weighted by atomic mass is 10.1. The Morgan fingerprint density at radius 3 is 2.44 bits per heavy atom. The van der Waals surface area contributed by atoms with Crippen LogP contribution in [0.25, 0.3) is 0 Å². The van der Waals surface area contributed by atoms with Crippen molar-refractivity contribution in [2.45, 2.75) is 46.1 Å². The van der Waals surface area contributed by atoms with Gasteiger partial charge in [-0.3, -0.25) is 0 Å². The summed E-state index contributed by atoms with van der Waals surface area (Å²) in [5.74, 6) is 0.224. The second kappa shape index (κ2) is 8.40. The molecule has 0 aromatic heterocycles. The molecule has 0 radical (unpaired) electrons. The monoisotopic (exact) mass is 246 g/mol. The number of hydrogen-bond donors (Lipinski definition) is 0. The quantitative estimate of drug-likeness (QED) is 0.418. The Bertz CT molecular complexity index is 239. The molecule has 0 aromatic carbocycles. The SMILES string of the molecule is C=CC(C)CCC=CC(=O)OC(C)(C)C.Cl. The van der Waals surface area contributed by atoms with E-state index >= 15 is 0 Å². The highest BCUT2D eigenvalue weighted by atomic mass is 35.5. The molecule has 0 amide bonds. The van der Waals surface area contributed by atoms with E-state index in [1.807, 2.05) is 32.9 Å². The van der Waals surface area contributed by atoms with Crippen LogP contribution in [-0.2, 0) is 9.53 Å². The van der Waals surface area contributed by atoms with Gasteiger partial charge < -0.3 is 4.74 Å². The zero-order valence-corrected chi connectivity index (χ0v) is 11.5. The molecule has 0 N–H and O–H groups in total. The van der Waals surface area contributed by atoms with Crippen molar-refractivity contribution < 1.29 is 9.53 Å². The first-order chi connectivity index (χ1) is 6.85. The van der Waals surface area contributed by atoms with Crippen molar-refractivity contribution in [3.05, 3.63) is 24.8 Å². The van der Waals surface area contributed by atoms with Gasteiger partial charge in [0.25, 0.3) is 0 Å². The van der Waals surface area contributed by atoms with E-state index in [2.05, 4.69) is 13.5 Å². The summed E-state index contributed by atoms with van der Waals surface area (Å²) in [6, 6.07) is 0. The highest BCUT2D eigenvalue weighted by Crippen LogP contribution is 2.09. The normalized spacial score (nSPS) is 13.0. The molecular formula is C13H23ClO2. The lowest BCUT2D eigenvalue weighted by Gasteiger charge is -2.17.